The Balaban J connectivity index is 0.672. The average Bonchev–Trinajstić information content (AvgIpc) is 4.24. The summed E-state index contributed by atoms with van der Waals surface area (Å²) in [7, 11) is 0. The van der Waals surface area contributed by atoms with Crippen LogP contribution in [0.25, 0.3) is 27.5 Å². The predicted octanol–water partition coefficient (Wildman–Crippen LogP) is 9.91. The highest BCUT2D eigenvalue weighted by Crippen LogP contribution is 2.37. The van der Waals surface area contributed by atoms with Crippen molar-refractivity contribution in [1.82, 2.24) is 34.4 Å². The van der Waals surface area contributed by atoms with Gasteiger partial charge in [-0.1, -0.05) is 82.5 Å². The van der Waals surface area contributed by atoms with Gasteiger partial charge in [0, 0.05) is 77.3 Å². The molecule has 1 unspecified atom stereocenters. The third-order valence-corrected chi connectivity index (χ3v) is 16.4. The number of piperazine rings is 1. The number of carbonyl (C=O) groups is 4. The number of benzene rings is 2. The van der Waals surface area contributed by atoms with Crippen LogP contribution in [0.5, 0.6) is 0 Å². The summed E-state index contributed by atoms with van der Waals surface area (Å²) in [5, 5.41) is 15.7. The summed E-state index contributed by atoms with van der Waals surface area (Å²) >= 11 is 1.60. The number of aliphatic hydroxyl groups excluding tert-OH is 1. The summed E-state index contributed by atoms with van der Waals surface area (Å²) in [5.74, 6) is 0.846. The van der Waals surface area contributed by atoms with Crippen molar-refractivity contribution in [3.63, 3.8) is 0 Å². The van der Waals surface area contributed by atoms with Gasteiger partial charge in [0.1, 0.15) is 34.7 Å². The van der Waals surface area contributed by atoms with Crippen molar-refractivity contribution in [1.29, 1.82) is 0 Å². The molecule has 396 valence electrons. The number of rotatable bonds is 22. The maximum Gasteiger partial charge on any atom is 0.227 e. The quantitative estimate of drug-likeness (QED) is 0.0643. The average molecular weight is 1040 g/mol. The van der Waals surface area contributed by atoms with Gasteiger partial charge in [-0.15, -0.1) is 16.4 Å². The fourth-order valence-corrected chi connectivity index (χ4v) is 12.0. The van der Waals surface area contributed by atoms with E-state index in [1.54, 1.807) is 28.4 Å². The van der Waals surface area contributed by atoms with Crippen LogP contribution in [0.15, 0.2) is 90.6 Å². The van der Waals surface area contributed by atoms with Gasteiger partial charge in [-0.05, 0) is 97.5 Å². The Labute approximate surface area is 444 Å². The zero-order chi connectivity index (χ0) is 52.6. The molecule has 0 aliphatic carbocycles. The van der Waals surface area contributed by atoms with Crippen molar-refractivity contribution in [2.75, 3.05) is 55.6 Å². The largest absolute Gasteiger partial charge is 0.391 e. The number of pyridine rings is 1. The number of β-amino-alcohol motifs (C(OH)–C–C–N with tert-alkyl or cyclic N) is 1. The lowest BCUT2D eigenvalue weighted by Crippen LogP contribution is -2.48. The zero-order valence-corrected chi connectivity index (χ0v) is 44.8. The number of amides is 1. The van der Waals surface area contributed by atoms with Gasteiger partial charge in [-0.25, -0.2) is 23.9 Å². The zero-order valence-electron chi connectivity index (χ0n) is 44.0. The molecular formula is C59H72FN9O5S. The summed E-state index contributed by atoms with van der Waals surface area (Å²) in [5.41, 5.74) is 7.69. The molecule has 16 heteroatoms. The minimum absolute atomic E-state index is 0.0380. The van der Waals surface area contributed by atoms with Crippen LogP contribution in [0.1, 0.15) is 121 Å². The van der Waals surface area contributed by atoms with E-state index >= 15 is 0 Å². The molecule has 0 saturated carbocycles. The summed E-state index contributed by atoms with van der Waals surface area (Å²) in [4.78, 5) is 77.7. The highest BCUT2D eigenvalue weighted by molar-refractivity contribution is 7.13. The van der Waals surface area contributed by atoms with E-state index in [0.717, 1.165) is 134 Å². The van der Waals surface area contributed by atoms with Crippen LogP contribution in [-0.4, -0.2) is 121 Å². The number of imidazole rings is 1. The van der Waals surface area contributed by atoms with Crippen molar-refractivity contribution < 1.29 is 28.7 Å². The van der Waals surface area contributed by atoms with Crippen LogP contribution in [0.4, 0.5) is 16.0 Å². The van der Waals surface area contributed by atoms with Crippen molar-refractivity contribution in [2.45, 2.75) is 129 Å². The molecule has 6 aromatic rings. The standard InChI is InChI=1S/C59H72FN9O5S/c1-40-57(75-39-62-40)42-23-20-41(21-24-42)22-25-53(73)51-35-47(72)38-68(51)58(74)48(59(2,3)4)34-45(70)15-8-6-5-7-9-16-46(71)37-65-29-31-66(32-30-65)55-19-11-17-49(63-55)52-36-61-54-26-27-56(64-69(52)54)67-28-12-18-50(67)43-13-10-14-44(60)33-43/h10-11,13-14,17,19-21,23-24,26-27,33,36,39,47-48,50-51,72H,5-9,12,15-16,18,22,25,28-32,34-35,37-38H2,1-4H3/t47-,48?,50-,51+/m1/s1. The smallest absolute Gasteiger partial charge is 0.227 e. The highest BCUT2D eigenvalue weighted by Gasteiger charge is 2.44. The Morgan fingerprint density at radius 3 is 2.31 bits per heavy atom. The molecule has 3 aliphatic rings. The second-order valence-electron chi connectivity index (χ2n) is 21.9. The highest BCUT2D eigenvalue weighted by atomic mass is 32.1. The summed E-state index contributed by atoms with van der Waals surface area (Å²) in [6.07, 6.45) is 9.26. The molecule has 1 amide bonds. The summed E-state index contributed by atoms with van der Waals surface area (Å²) in [6.45, 7) is 12.3. The molecule has 2 aromatic carbocycles. The van der Waals surface area contributed by atoms with Crippen LogP contribution >= 0.6 is 11.3 Å². The van der Waals surface area contributed by atoms with Crippen LogP contribution in [-0.2, 0) is 25.6 Å². The first-order valence-corrected chi connectivity index (χ1v) is 27.9. The van der Waals surface area contributed by atoms with E-state index < -0.39 is 23.5 Å². The second-order valence-corrected chi connectivity index (χ2v) is 22.8. The Kier molecular flexibility index (Phi) is 17.3. The van der Waals surface area contributed by atoms with Gasteiger partial charge in [0.25, 0.3) is 0 Å². The SMILES string of the molecule is Cc1ncsc1-c1ccc(CCC(=O)[C@@H]2C[C@@H](O)CN2C(=O)C(CC(=O)CCCCCCCC(=O)CN2CCN(c3cccc(-c4cnc5ccc(N6CCC[C@@H]6c6cccc(F)c6)nn45)n3)CC2)C(C)(C)C)cc1. The molecule has 0 bridgehead atoms. The molecule has 3 aliphatic heterocycles. The predicted molar refractivity (Wildman–Crippen MR) is 292 cm³/mol. The van der Waals surface area contributed by atoms with Gasteiger partial charge in [0.15, 0.2) is 11.4 Å². The number of halogens is 1. The van der Waals surface area contributed by atoms with Gasteiger partial charge in [0.2, 0.25) is 5.91 Å². The molecule has 0 spiro atoms. The molecule has 0 radical (unpaired) electrons. The van der Waals surface area contributed by atoms with E-state index in [-0.39, 0.29) is 60.9 Å². The number of Topliss-reactive ketones (excluding diaryl/α,β-unsaturated/α-hetero) is 3. The number of anilines is 2. The van der Waals surface area contributed by atoms with E-state index in [1.165, 1.54) is 6.07 Å². The van der Waals surface area contributed by atoms with E-state index in [9.17, 15) is 28.7 Å². The first kappa shape index (κ1) is 53.6. The Hall–Kier alpha value is -6.23. The first-order valence-electron chi connectivity index (χ1n) is 27.0. The molecule has 7 heterocycles. The van der Waals surface area contributed by atoms with Crippen molar-refractivity contribution in [3.8, 4) is 21.8 Å². The second kappa shape index (κ2) is 24.2. The topological polar surface area (TPSA) is 157 Å². The number of thiazole rings is 1. The van der Waals surface area contributed by atoms with E-state index in [0.29, 0.717) is 25.8 Å². The monoisotopic (exact) mass is 1040 g/mol. The van der Waals surface area contributed by atoms with Gasteiger partial charge in [-0.2, -0.15) is 0 Å². The van der Waals surface area contributed by atoms with Crippen LogP contribution in [0, 0.1) is 24.1 Å². The minimum Gasteiger partial charge on any atom is -0.391 e. The number of aromatic nitrogens is 5. The van der Waals surface area contributed by atoms with Gasteiger partial charge in [0.05, 0.1) is 52.7 Å². The third kappa shape index (κ3) is 13.2. The molecule has 14 nitrogen and oxygen atoms in total. The number of hydrogen-bond acceptors (Lipinski definition) is 13. The molecule has 3 fully saturated rings. The normalized spacial score (nSPS) is 18.8. The number of ketones is 3. The Bertz CT molecular complexity index is 2940. The minimum atomic E-state index is -0.780. The maximum absolute atomic E-state index is 14.2. The lowest BCUT2D eigenvalue weighted by atomic mass is 9.76. The molecule has 9 rings (SSSR count). The fourth-order valence-electron chi connectivity index (χ4n) is 11.2. The molecule has 4 atom stereocenters. The van der Waals surface area contributed by atoms with Crippen molar-refractivity contribution in [3.05, 3.63) is 113 Å². The number of likely N-dealkylation sites (tertiary alicyclic amines) is 1. The number of hydrogen-bond donors (Lipinski definition) is 1. The molecule has 4 aromatic heterocycles. The van der Waals surface area contributed by atoms with Crippen LogP contribution in [0.2, 0.25) is 0 Å². The van der Waals surface area contributed by atoms with E-state index in [1.807, 2.05) is 92.4 Å². The number of aryl methyl sites for hydroxylation is 2. The third-order valence-electron chi connectivity index (χ3n) is 15.5. The molecule has 1 N–H and O–H groups in total. The maximum atomic E-state index is 14.2. The lowest BCUT2D eigenvalue weighted by molar-refractivity contribution is -0.145. The lowest BCUT2D eigenvalue weighted by Gasteiger charge is -2.35. The summed E-state index contributed by atoms with van der Waals surface area (Å²) in [6, 6.07) is 24.3. The first-order chi connectivity index (χ1) is 36.2. The fraction of sp³-hybridized carbons (Fsp3) is 0.492. The molecule has 75 heavy (non-hydrogen) atoms. The Morgan fingerprint density at radius 1 is 0.827 bits per heavy atom. The van der Waals surface area contributed by atoms with Crippen LogP contribution < -0.4 is 9.80 Å². The van der Waals surface area contributed by atoms with Crippen molar-refractivity contribution in [2.24, 2.45) is 11.3 Å². The molecule has 3 saturated heterocycles. The van der Waals surface area contributed by atoms with E-state index in [4.69, 9.17) is 10.1 Å². The number of fused-ring (bicyclic) bond motifs is 1. The number of aliphatic hydroxyl groups is 1. The molecular weight excluding hydrogens is 966 g/mol. The number of unbranched alkanes of at least 4 members (excludes halogenated alkanes) is 4. The Morgan fingerprint density at radius 2 is 1.57 bits per heavy atom. The van der Waals surface area contributed by atoms with Crippen molar-refractivity contribution >= 4 is 51.9 Å². The van der Waals surface area contributed by atoms with Gasteiger partial charge >= 0.3 is 0 Å². The van der Waals surface area contributed by atoms with Gasteiger partial charge < -0.3 is 19.8 Å². The number of carbonyl (C=O) groups excluding carboxylic acids is 4. The van der Waals surface area contributed by atoms with Gasteiger partial charge in [-0.3, -0.25) is 24.1 Å². The van der Waals surface area contributed by atoms with Crippen LogP contribution in [0.3, 0.4) is 0 Å². The number of nitrogens with zero attached hydrogens (tertiary/aromatic N) is 9. The van der Waals surface area contributed by atoms with E-state index in [2.05, 4.69) is 36.8 Å². The summed E-state index contributed by atoms with van der Waals surface area (Å²) < 4.78 is 16.0.